The molecule has 2 atom stereocenters. The van der Waals surface area contributed by atoms with Crippen molar-refractivity contribution in [2.75, 3.05) is 48.5 Å². The fourth-order valence-electron chi connectivity index (χ4n) is 3.67. The van der Waals surface area contributed by atoms with Crippen molar-refractivity contribution in [3.8, 4) is 5.75 Å². The Labute approximate surface area is 151 Å². The lowest BCUT2D eigenvalue weighted by molar-refractivity contribution is -0.120. The minimum atomic E-state index is -3.13. The highest BCUT2D eigenvalue weighted by Gasteiger charge is 2.44. The number of nitrogens with zero attached hydrogens (tertiary/aromatic N) is 2. The van der Waals surface area contributed by atoms with Crippen LogP contribution in [0.15, 0.2) is 18.2 Å². The number of carbonyl (C=O) groups is 2. The number of hydrogen-bond acceptors (Lipinski definition) is 6. The second-order valence-electron chi connectivity index (χ2n) is 6.75. The van der Waals surface area contributed by atoms with Crippen LogP contribution in [0.4, 0.5) is 16.2 Å². The summed E-state index contributed by atoms with van der Waals surface area (Å²) < 4.78 is 29.2. The van der Waals surface area contributed by atoms with E-state index in [0.29, 0.717) is 30.2 Å². The standard InChI is InChI=1S/C16H20N4O5S/c1-19-12-3-2-10(6-14(12)25-7-15(19)21)18-16(22)20-5-4-17-11-8-26(23,24)9-13(11)20/h2-3,6,11,13,17H,4-5,7-9H2,1H3,(H,18,22)/t11-,13+/m0/s1. The summed E-state index contributed by atoms with van der Waals surface area (Å²) in [5, 5.41) is 5.99. The van der Waals surface area contributed by atoms with Gasteiger partial charge in [0.1, 0.15) is 5.75 Å². The third kappa shape index (κ3) is 2.99. The first-order chi connectivity index (χ1) is 12.3. The maximum absolute atomic E-state index is 12.7. The Balaban J connectivity index is 1.51. The third-order valence-corrected chi connectivity index (χ3v) is 6.76. The Morgan fingerprint density at radius 3 is 2.96 bits per heavy atom. The molecule has 3 aliphatic heterocycles. The van der Waals surface area contributed by atoms with Crippen molar-refractivity contribution in [1.82, 2.24) is 10.2 Å². The lowest BCUT2D eigenvalue weighted by atomic mass is 10.1. The number of fused-ring (bicyclic) bond motifs is 2. The molecule has 0 spiro atoms. The molecule has 0 aromatic heterocycles. The Morgan fingerprint density at radius 2 is 2.15 bits per heavy atom. The van der Waals surface area contributed by atoms with Crippen LogP contribution in [0.25, 0.3) is 0 Å². The first kappa shape index (κ1) is 17.1. The Morgan fingerprint density at radius 1 is 1.35 bits per heavy atom. The number of carbonyl (C=O) groups excluding carboxylic acids is 2. The summed E-state index contributed by atoms with van der Waals surface area (Å²) in [5.41, 5.74) is 1.18. The van der Waals surface area contributed by atoms with Gasteiger partial charge < -0.3 is 25.2 Å². The molecule has 0 radical (unpaired) electrons. The van der Waals surface area contributed by atoms with Gasteiger partial charge in [0.25, 0.3) is 5.91 Å². The van der Waals surface area contributed by atoms with Gasteiger partial charge in [-0.1, -0.05) is 0 Å². The Hall–Kier alpha value is -2.33. The van der Waals surface area contributed by atoms with E-state index in [9.17, 15) is 18.0 Å². The van der Waals surface area contributed by atoms with Gasteiger partial charge in [0, 0.05) is 37.9 Å². The zero-order chi connectivity index (χ0) is 18.5. The van der Waals surface area contributed by atoms with Gasteiger partial charge in [-0.25, -0.2) is 13.2 Å². The molecule has 3 aliphatic rings. The smallest absolute Gasteiger partial charge is 0.322 e. The van der Waals surface area contributed by atoms with Crippen molar-refractivity contribution >= 4 is 33.2 Å². The first-order valence-electron chi connectivity index (χ1n) is 8.39. The molecule has 2 fully saturated rings. The van der Waals surface area contributed by atoms with Gasteiger partial charge in [0.15, 0.2) is 16.4 Å². The molecule has 2 saturated heterocycles. The van der Waals surface area contributed by atoms with Crippen LogP contribution >= 0.6 is 0 Å². The predicted octanol–water partition coefficient (Wildman–Crippen LogP) is -0.355. The van der Waals surface area contributed by atoms with E-state index in [1.165, 1.54) is 4.90 Å². The summed E-state index contributed by atoms with van der Waals surface area (Å²) in [4.78, 5) is 27.4. The number of ether oxygens (including phenoxy) is 1. The van der Waals surface area contributed by atoms with Gasteiger partial charge in [-0.05, 0) is 12.1 Å². The van der Waals surface area contributed by atoms with E-state index in [2.05, 4.69) is 10.6 Å². The summed E-state index contributed by atoms with van der Waals surface area (Å²) in [5.74, 6) is 0.433. The molecule has 1 aromatic carbocycles. The van der Waals surface area contributed by atoms with E-state index in [0.717, 1.165) is 0 Å². The van der Waals surface area contributed by atoms with Crippen molar-refractivity contribution < 1.29 is 22.7 Å². The molecule has 9 nitrogen and oxygen atoms in total. The van der Waals surface area contributed by atoms with Crippen LogP contribution in [0.5, 0.6) is 5.75 Å². The minimum absolute atomic E-state index is 0.0156. The normalized spacial score (nSPS) is 26.7. The van der Waals surface area contributed by atoms with Crippen LogP contribution in [0, 0.1) is 0 Å². The zero-order valence-electron chi connectivity index (χ0n) is 14.3. The van der Waals surface area contributed by atoms with Crippen LogP contribution < -0.4 is 20.3 Å². The fourth-order valence-corrected chi connectivity index (χ4v) is 5.63. The topological polar surface area (TPSA) is 108 Å². The van der Waals surface area contributed by atoms with Crippen LogP contribution in [0.2, 0.25) is 0 Å². The highest BCUT2D eigenvalue weighted by atomic mass is 32.2. The molecule has 3 amide bonds. The Bertz CT molecular complexity index is 871. The summed E-state index contributed by atoms with van der Waals surface area (Å²) in [6.45, 7) is 0.964. The third-order valence-electron chi connectivity index (χ3n) is 5.04. The van der Waals surface area contributed by atoms with Gasteiger partial charge in [0.05, 0.1) is 23.2 Å². The monoisotopic (exact) mass is 380 g/mol. The van der Waals surface area contributed by atoms with E-state index >= 15 is 0 Å². The van der Waals surface area contributed by atoms with E-state index in [1.54, 1.807) is 30.1 Å². The van der Waals surface area contributed by atoms with Gasteiger partial charge in [-0.3, -0.25) is 4.79 Å². The van der Waals surface area contributed by atoms with Crippen LogP contribution in [-0.2, 0) is 14.6 Å². The Kier molecular flexibility index (Phi) is 4.03. The van der Waals surface area contributed by atoms with E-state index in [4.69, 9.17) is 4.74 Å². The molecule has 10 heteroatoms. The molecule has 2 N–H and O–H groups in total. The SMILES string of the molecule is CN1C(=O)COc2cc(NC(=O)N3CCN[C@H]4CS(=O)(=O)C[C@H]43)ccc21. The average molecular weight is 380 g/mol. The molecule has 0 saturated carbocycles. The van der Waals surface area contributed by atoms with Crippen molar-refractivity contribution in [3.63, 3.8) is 0 Å². The summed E-state index contributed by atoms with van der Waals surface area (Å²) in [6, 6.07) is 4.17. The molecule has 0 bridgehead atoms. The number of urea groups is 1. The second kappa shape index (κ2) is 6.13. The molecule has 3 heterocycles. The molecule has 0 unspecified atom stereocenters. The lowest BCUT2D eigenvalue weighted by Gasteiger charge is -2.37. The van der Waals surface area contributed by atoms with E-state index < -0.39 is 9.84 Å². The van der Waals surface area contributed by atoms with Crippen molar-refractivity contribution in [1.29, 1.82) is 0 Å². The quantitative estimate of drug-likeness (QED) is 0.689. The van der Waals surface area contributed by atoms with Crippen LogP contribution in [0.3, 0.4) is 0 Å². The number of piperazine rings is 1. The number of nitrogens with one attached hydrogen (secondary N) is 2. The van der Waals surface area contributed by atoms with E-state index in [-0.39, 0.29) is 42.1 Å². The van der Waals surface area contributed by atoms with E-state index in [1.807, 2.05) is 0 Å². The maximum atomic E-state index is 12.7. The summed E-state index contributed by atoms with van der Waals surface area (Å²) in [7, 11) is -1.46. The van der Waals surface area contributed by atoms with Gasteiger partial charge in [-0.2, -0.15) is 0 Å². The number of benzene rings is 1. The van der Waals surface area contributed by atoms with Crippen LogP contribution in [0.1, 0.15) is 0 Å². The summed E-state index contributed by atoms with van der Waals surface area (Å²) >= 11 is 0. The van der Waals surface area contributed by atoms with Crippen molar-refractivity contribution in [2.45, 2.75) is 12.1 Å². The van der Waals surface area contributed by atoms with Gasteiger partial charge in [0.2, 0.25) is 0 Å². The highest BCUT2D eigenvalue weighted by molar-refractivity contribution is 7.91. The molecule has 0 aliphatic carbocycles. The molecular weight excluding hydrogens is 360 g/mol. The number of anilines is 2. The molecular formula is C16H20N4O5S. The van der Waals surface area contributed by atoms with Gasteiger partial charge >= 0.3 is 6.03 Å². The maximum Gasteiger partial charge on any atom is 0.322 e. The average Bonchev–Trinajstić information content (AvgIpc) is 2.91. The molecule has 4 rings (SSSR count). The molecule has 26 heavy (non-hydrogen) atoms. The predicted molar refractivity (Wildman–Crippen MR) is 95.3 cm³/mol. The number of rotatable bonds is 1. The second-order valence-corrected chi connectivity index (χ2v) is 8.91. The zero-order valence-corrected chi connectivity index (χ0v) is 15.1. The molecule has 1 aromatic rings. The van der Waals surface area contributed by atoms with Crippen molar-refractivity contribution in [2.24, 2.45) is 0 Å². The molecule has 140 valence electrons. The number of hydrogen-bond donors (Lipinski definition) is 2. The first-order valence-corrected chi connectivity index (χ1v) is 10.2. The number of likely N-dealkylation sites (N-methyl/N-ethyl adjacent to an activating group) is 1. The van der Waals surface area contributed by atoms with Gasteiger partial charge in [-0.15, -0.1) is 0 Å². The number of amides is 3. The van der Waals surface area contributed by atoms with Crippen LogP contribution in [-0.4, -0.2) is 75.6 Å². The minimum Gasteiger partial charge on any atom is -0.481 e. The lowest BCUT2D eigenvalue weighted by Crippen LogP contribution is -2.59. The highest BCUT2D eigenvalue weighted by Crippen LogP contribution is 2.34. The fraction of sp³-hybridized carbons (Fsp3) is 0.500. The largest absolute Gasteiger partial charge is 0.481 e. The number of sulfone groups is 1. The summed E-state index contributed by atoms with van der Waals surface area (Å²) in [6.07, 6.45) is 0. The van der Waals surface area contributed by atoms with Crippen molar-refractivity contribution in [3.05, 3.63) is 18.2 Å².